The lowest BCUT2D eigenvalue weighted by molar-refractivity contribution is 0.265. The zero-order valence-electron chi connectivity index (χ0n) is 14.8. The van der Waals surface area contributed by atoms with E-state index in [1.165, 1.54) is 6.26 Å². The average Bonchev–Trinajstić information content (AvgIpc) is 3.04. The molecule has 0 bridgehead atoms. The van der Waals surface area contributed by atoms with Crippen LogP contribution in [-0.4, -0.2) is 51.8 Å². The van der Waals surface area contributed by atoms with Crippen molar-refractivity contribution in [1.82, 2.24) is 24.1 Å². The highest BCUT2D eigenvalue weighted by Crippen LogP contribution is 2.23. The first kappa shape index (κ1) is 18.0. The number of hydrogen-bond acceptors (Lipinski definition) is 5. The molecule has 7 nitrogen and oxygen atoms in total. The fourth-order valence-corrected chi connectivity index (χ4v) is 4.22. The first-order valence-electron chi connectivity index (χ1n) is 8.74. The SMILES string of the molecule is CCCn1cc(-c2cncc(CC3CCCN(S(C)(=O)=O)C3)n2)cn1. The first-order valence-corrected chi connectivity index (χ1v) is 10.6. The molecule has 0 saturated carbocycles. The second-order valence-corrected chi connectivity index (χ2v) is 8.70. The molecule has 0 aromatic carbocycles. The first-order chi connectivity index (χ1) is 12.0. The molecule has 0 amide bonds. The van der Waals surface area contributed by atoms with Crippen LogP contribution in [0.5, 0.6) is 0 Å². The van der Waals surface area contributed by atoms with Crippen molar-refractivity contribution in [2.45, 2.75) is 39.2 Å². The van der Waals surface area contributed by atoms with Crippen LogP contribution in [0.1, 0.15) is 31.9 Å². The van der Waals surface area contributed by atoms with Crippen LogP contribution in [0.25, 0.3) is 11.3 Å². The van der Waals surface area contributed by atoms with Gasteiger partial charge in [-0.15, -0.1) is 0 Å². The lowest BCUT2D eigenvalue weighted by Crippen LogP contribution is -2.39. The highest BCUT2D eigenvalue weighted by atomic mass is 32.2. The molecule has 3 rings (SSSR count). The minimum atomic E-state index is -3.12. The summed E-state index contributed by atoms with van der Waals surface area (Å²) in [5, 5.41) is 4.34. The van der Waals surface area contributed by atoms with Crippen molar-refractivity contribution in [3.8, 4) is 11.3 Å². The minimum absolute atomic E-state index is 0.288. The van der Waals surface area contributed by atoms with Gasteiger partial charge in [0.1, 0.15) is 0 Å². The minimum Gasteiger partial charge on any atom is -0.272 e. The normalized spacial score (nSPS) is 19.2. The van der Waals surface area contributed by atoms with E-state index in [0.29, 0.717) is 13.1 Å². The quantitative estimate of drug-likeness (QED) is 0.784. The Hall–Kier alpha value is -1.80. The second-order valence-electron chi connectivity index (χ2n) is 6.72. The summed E-state index contributed by atoms with van der Waals surface area (Å²) in [7, 11) is -3.12. The number of sulfonamides is 1. The van der Waals surface area contributed by atoms with Crippen LogP contribution in [0.4, 0.5) is 0 Å². The van der Waals surface area contributed by atoms with E-state index in [2.05, 4.69) is 17.0 Å². The van der Waals surface area contributed by atoms with Crippen LogP contribution in [0.15, 0.2) is 24.8 Å². The Kier molecular flexibility index (Phi) is 5.48. The van der Waals surface area contributed by atoms with Gasteiger partial charge < -0.3 is 0 Å². The van der Waals surface area contributed by atoms with Crippen LogP contribution >= 0.6 is 0 Å². The standard InChI is InChI=1S/C17H25N5O2S/c1-3-6-21-13-15(9-19-21)17-11-18-10-16(20-17)8-14-5-4-7-22(12-14)25(2,23)24/h9-11,13-14H,3-8,12H2,1-2H3. The lowest BCUT2D eigenvalue weighted by atomic mass is 9.95. The number of hydrogen-bond donors (Lipinski definition) is 0. The van der Waals surface area contributed by atoms with Gasteiger partial charge in [-0.3, -0.25) is 9.67 Å². The van der Waals surface area contributed by atoms with Crippen LogP contribution in [-0.2, 0) is 23.0 Å². The van der Waals surface area contributed by atoms with E-state index in [1.807, 2.05) is 17.1 Å². The van der Waals surface area contributed by atoms with Gasteiger partial charge in [0.15, 0.2) is 0 Å². The molecule has 0 spiro atoms. The number of aryl methyl sites for hydroxylation is 1. The Labute approximate surface area is 149 Å². The van der Waals surface area contributed by atoms with Crippen molar-refractivity contribution in [2.75, 3.05) is 19.3 Å². The predicted molar refractivity (Wildman–Crippen MR) is 96.4 cm³/mol. The van der Waals surface area contributed by atoms with Crippen molar-refractivity contribution in [3.05, 3.63) is 30.5 Å². The topological polar surface area (TPSA) is 81.0 Å². The molecule has 1 aliphatic rings. The van der Waals surface area contributed by atoms with Gasteiger partial charge in [0, 0.05) is 37.6 Å². The van der Waals surface area contributed by atoms with Crippen molar-refractivity contribution in [3.63, 3.8) is 0 Å². The van der Waals surface area contributed by atoms with E-state index in [9.17, 15) is 8.42 Å². The maximum Gasteiger partial charge on any atom is 0.211 e. The van der Waals surface area contributed by atoms with Crippen LogP contribution < -0.4 is 0 Å². The Balaban J connectivity index is 1.71. The molecule has 1 unspecified atom stereocenters. The van der Waals surface area contributed by atoms with E-state index >= 15 is 0 Å². The number of aromatic nitrogens is 4. The van der Waals surface area contributed by atoms with Gasteiger partial charge in [0.25, 0.3) is 0 Å². The Morgan fingerprint density at radius 1 is 1.28 bits per heavy atom. The third-order valence-corrected chi connectivity index (χ3v) is 5.78. The molecular weight excluding hydrogens is 338 g/mol. The van der Waals surface area contributed by atoms with E-state index in [1.54, 1.807) is 16.7 Å². The van der Waals surface area contributed by atoms with Crippen molar-refractivity contribution < 1.29 is 8.42 Å². The summed E-state index contributed by atoms with van der Waals surface area (Å²) in [6, 6.07) is 0. The number of rotatable bonds is 6. The summed E-state index contributed by atoms with van der Waals surface area (Å²) in [4.78, 5) is 9.03. The summed E-state index contributed by atoms with van der Waals surface area (Å²) in [6.07, 6.45) is 12.3. The maximum absolute atomic E-state index is 11.8. The molecule has 3 heterocycles. The van der Waals surface area contributed by atoms with Crippen molar-refractivity contribution in [2.24, 2.45) is 5.92 Å². The van der Waals surface area contributed by atoms with Crippen LogP contribution in [0.3, 0.4) is 0 Å². The molecule has 136 valence electrons. The second kappa shape index (κ2) is 7.61. The van der Waals surface area contributed by atoms with Gasteiger partial charge in [-0.05, 0) is 31.6 Å². The highest BCUT2D eigenvalue weighted by molar-refractivity contribution is 7.88. The maximum atomic E-state index is 11.8. The van der Waals surface area contributed by atoms with Crippen LogP contribution in [0, 0.1) is 5.92 Å². The van der Waals surface area contributed by atoms with Gasteiger partial charge in [0.05, 0.1) is 30.0 Å². The molecule has 0 radical (unpaired) electrons. The summed E-state index contributed by atoms with van der Waals surface area (Å²) in [5.41, 5.74) is 2.68. The Bertz CT molecular complexity index is 818. The summed E-state index contributed by atoms with van der Waals surface area (Å²) >= 11 is 0. The van der Waals surface area contributed by atoms with E-state index in [0.717, 1.165) is 49.2 Å². The molecule has 2 aromatic rings. The zero-order valence-corrected chi connectivity index (χ0v) is 15.6. The molecule has 1 atom stereocenters. The molecule has 2 aromatic heterocycles. The van der Waals surface area contributed by atoms with E-state index in [-0.39, 0.29) is 5.92 Å². The molecular formula is C17H25N5O2S. The average molecular weight is 363 g/mol. The van der Waals surface area contributed by atoms with Crippen LogP contribution in [0.2, 0.25) is 0 Å². The molecule has 1 aliphatic heterocycles. The number of piperidine rings is 1. The van der Waals surface area contributed by atoms with Gasteiger partial charge >= 0.3 is 0 Å². The number of nitrogens with zero attached hydrogens (tertiary/aromatic N) is 5. The third-order valence-electron chi connectivity index (χ3n) is 4.51. The lowest BCUT2D eigenvalue weighted by Gasteiger charge is -2.30. The summed E-state index contributed by atoms with van der Waals surface area (Å²) in [6.45, 7) is 4.19. The Morgan fingerprint density at radius 3 is 2.88 bits per heavy atom. The van der Waals surface area contributed by atoms with Gasteiger partial charge in [-0.1, -0.05) is 6.92 Å². The fourth-order valence-electron chi connectivity index (χ4n) is 3.28. The highest BCUT2D eigenvalue weighted by Gasteiger charge is 2.26. The molecule has 8 heteroatoms. The monoisotopic (exact) mass is 363 g/mol. The van der Waals surface area contributed by atoms with E-state index in [4.69, 9.17) is 4.98 Å². The molecule has 1 fully saturated rings. The predicted octanol–water partition coefficient (Wildman–Crippen LogP) is 1.96. The molecule has 0 aliphatic carbocycles. The third kappa shape index (κ3) is 4.64. The van der Waals surface area contributed by atoms with E-state index < -0.39 is 10.0 Å². The zero-order chi connectivity index (χ0) is 17.9. The molecule has 0 N–H and O–H groups in total. The molecule has 25 heavy (non-hydrogen) atoms. The fraction of sp³-hybridized carbons (Fsp3) is 0.588. The Morgan fingerprint density at radius 2 is 2.12 bits per heavy atom. The van der Waals surface area contributed by atoms with Gasteiger partial charge in [0.2, 0.25) is 10.0 Å². The summed E-state index contributed by atoms with van der Waals surface area (Å²) < 4.78 is 27.0. The summed E-state index contributed by atoms with van der Waals surface area (Å²) in [5.74, 6) is 0.288. The van der Waals surface area contributed by atoms with Gasteiger partial charge in [-0.2, -0.15) is 5.10 Å². The van der Waals surface area contributed by atoms with Crippen molar-refractivity contribution >= 4 is 10.0 Å². The van der Waals surface area contributed by atoms with Crippen molar-refractivity contribution in [1.29, 1.82) is 0 Å². The smallest absolute Gasteiger partial charge is 0.211 e. The molecule has 1 saturated heterocycles. The largest absolute Gasteiger partial charge is 0.272 e. The van der Waals surface area contributed by atoms with Gasteiger partial charge in [-0.25, -0.2) is 17.7 Å².